The van der Waals surface area contributed by atoms with Crippen molar-refractivity contribution in [1.29, 1.82) is 0 Å². The van der Waals surface area contributed by atoms with Crippen molar-refractivity contribution >= 4 is 21.7 Å². The van der Waals surface area contributed by atoms with Crippen molar-refractivity contribution in [2.75, 3.05) is 18.9 Å². The van der Waals surface area contributed by atoms with Crippen LogP contribution in [0.1, 0.15) is 31.7 Å². The normalized spacial score (nSPS) is 13.3. The third-order valence-corrected chi connectivity index (χ3v) is 6.42. The number of hydrogen-bond acceptors (Lipinski definition) is 5. The van der Waals surface area contributed by atoms with E-state index in [-0.39, 0.29) is 19.6 Å². The summed E-state index contributed by atoms with van der Waals surface area (Å²) in [5, 5.41) is 20.2. The molecule has 0 bridgehead atoms. The maximum Gasteiger partial charge on any atom is 0.303 e. The number of aliphatic hydroxyl groups is 1. The van der Waals surface area contributed by atoms with E-state index in [1.807, 2.05) is 0 Å². The first-order valence-corrected chi connectivity index (χ1v) is 9.15. The SMILES string of the molecule is CC(C)(C(=O)NCCO)S(=O)(=O)CC(CC(=O)O)c1ccccc1. The van der Waals surface area contributed by atoms with E-state index in [1.165, 1.54) is 13.8 Å². The van der Waals surface area contributed by atoms with Crippen LogP contribution >= 0.6 is 0 Å². The van der Waals surface area contributed by atoms with Gasteiger partial charge in [0.2, 0.25) is 5.91 Å². The Morgan fingerprint density at radius 3 is 2.29 bits per heavy atom. The van der Waals surface area contributed by atoms with Crippen molar-refractivity contribution in [3.8, 4) is 0 Å². The van der Waals surface area contributed by atoms with Crippen LogP contribution in [-0.2, 0) is 19.4 Å². The summed E-state index contributed by atoms with van der Waals surface area (Å²) in [7, 11) is -3.94. The number of rotatable bonds is 9. The standard InChI is InChI=1S/C16H23NO6S/c1-16(2,15(21)17-8-9-18)24(22,23)11-13(10-14(19)20)12-6-4-3-5-7-12/h3-7,13,18H,8-11H2,1-2H3,(H,17,21)(H,19,20). The maximum atomic E-state index is 12.7. The van der Waals surface area contributed by atoms with Crippen LogP contribution in [0.3, 0.4) is 0 Å². The van der Waals surface area contributed by atoms with Gasteiger partial charge in [0.25, 0.3) is 0 Å². The second kappa shape index (κ2) is 8.25. The molecule has 0 aliphatic heterocycles. The van der Waals surface area contributed by atoms with E-state index in [0.29, 0.717) is 5.56 Å². The number of sulfone groups is 1. The Morgan fingerprint density at radius 2 is 1.79 bits per heavy atom. The topological polar surface area (TPSA) is 121 Å². The fraction of sp³-hybridized carbons (Fsp3) is 0.500. The number of carboxylic acid groups (broad SMARTS) is 1. The first-order chi connectivity index (χ1) is 11.1. The molecule has 7 nitrogen and oxygen atoms in total. The fourth-order valence-electron chi connectivity index (χ4n) is 2.21. The van der Waals surface area contributed by atoms with Gasteiger partial charge < -0.3 is 15.5 Å². The van der Waals surface area contributed by atoms with Gasteiger partial charge >= 0.3 is 5.97 Å². The molecule has 0 heterocycles. The van der Waals surface area contributed by atoms with E-state index >= 15 is 0 Å². The number of aliphatic carboxylic acids is 1. The minimum Gasteiger partial charge on any atom is -0.481 e. The summed E-state index contributed by atoms with van der Waals surface area (Å²) in [4.78, 5) is 23.2. The van der Waals surface area contributed by atoms with Crippen LogP contribution in [0.5, 0.6) is 0 Å². The summed E-state index contributed by atoms with van der Waals surface area (Å²) in [5.41, 5.74) is 0.593. The first-order valence-electron chi connectivity index (χ1n) is 7.50. The first kappa shape index (κ1) is 20.1. The second-order valence-corrected chi connectivity index (χ2v) is 8.56. The number of carbonyl (C=O) groups excluding carboxylic acids is 1. The zero-order valence-electron chi connectivity index (χ0n) is 13.7. The molecule has 1 aromatic carbocycles. The second-order valence-electron chi connectivity index (χ2n) is 5.98. The Balaban J connectivity index is 3.06. The van der Waals surface area contributed by atoms with Crippen LogP contribution in [0.2, 0.25) is 0 Å². The Bertz CT molecular complexity index is 669. The molecule has 0 fully saturated rings. The van der Waals surface area contributed by atoms with Crippen LogP contribution in [0, 0.1) is 0 Å². The van der Waals surface area contributed by atoms with Gasteiger partial charge in [0, 0.05) is 12.5 Å². The fourth-order valence-corrected chi connectivity index (χ4v) is 3.82. The average Bonchev–Trinajstić information content (AvgIpc) is 2.51. The Kier molecular flexibility index (Phi) is 6.92. The largest absolute Gasteiger partial charge is 0.481 e. The average molecular weight is 357 g/mol. The highest BCUT2D eigenvalue weighted by Crippen LogP contribution is 2.27. The molecule has 134 valence electrons. The zero-order chi connectivity index (χ0) is 18.4. The Morgan fingerprint density at radius 1 is 1.21 bits per heavy atom. The summed E-state index contributed by atoms with van der Waals surface area (Å²) in [6.07, 6.45) is -0.350. The summed E-state index contributed by atoms with van der Waals surface area (Å²) < 4.78 is 23.7. The molecule has 0 saturated heterocycles. The number of aliphatic hydroxyl groups excluding tert-OH is 1. The van der Waals surface area contributed by atoms with E-state index in [0.717, 1.165) is 0 Å². The van der Waals surface area contributed by atoms with Crippen LogP contribution in [0.4, 0.5) is 0 Å². The third-order valence-electron chi connectivity index (χ3n) is 3.83. The van der Waals surface area contributed by atoms with Crippen LogP contribution in [0.15, 0.2) is 30.3 Å². The molecule has 0 aliphatic carbocycles. The van der Waals surface area contributed by atoms with Crippen molar-refractivity contribution in [3.63, 3.8) is 0 Å². The molecule has 0 radical (unpaired) electrons. The van der Waals surface area contributed by atoms with Gasteiger partial charge in [-0.05, 0) is 19.4 Å². The van der Waals surface area contributed by atoms with Gasteiger partial charge in [-0.2, -0.15) is 0 Å². The molecule has 0 aliphatic rings. The predicted octanol–water partition coefficient (Wildman–Crippen LogP) is 0.547. The van der Waals surface area contributed by atoms with E-state index in [2.05, 4.69) is 5.32 Å². The van der Waals surface area contributed by atoms with Gasteiger partial charge in [0.05, 0.1) is 18.8 Å². The number of carboxylic acids is 1. The lowest BCUT2D eigenvalue weighted by atomic mass is 9.98. The van der Waals surface area contributed by atoms with Crippen LogP contribution < -0.4 is 5.32 Å². The highest BCUT2D eigenvalue weighted by atomic mass is 32.2. The van der Waals surface area contributed by atoms with Gasteiger partial charge in [-0.1, -0.05) is 30.3 Å². The molecular weight excluding hydrogens is 334 g/mol. The number of hydrogen-bond donors (Lipinski definition) is 3. The number of benzene rings is 1. The summed E-state index contributed by atoms with van der Waals surface area (Å²) in [6.45, 7) is 2.21. The van der Waals surface area contributed by atoms with Gasteiger partial charge in [-0.3, -0.25) is 9.59 Å². The van der Waals surface area contributed by atoms with Gasteiger partial charge in [0.1, 0.15) is 4.75 Å². The molecular formula is C16H23NO6S. The molecule has 1 atom stereocenters. The number of carbonyl (C=O) groups is 2. The van der Waals surface area contributed by atoms with Gasteiger partial charge in [-0.15, -0.1) is 0 Å². The molecule has 1 amide bonds. The lowest BCUT2D eigenvalue weighted by molar-refractivity contribution is -0.137. The van der Waals surface area contributed by atoms with Crippen molar-refractivity contribution in [3.05, 3.63) is 35.9 Å². The molecule has 8 heteroatoms. The summed E-state index contributed by atoms with van der Waals surface area (Å²) in [5.74, 6) is -3.04. The van der Waals surface area contributed by atoms with Crippen molar-refractivity contribution in [2.45, 2.75) is 30.9 Å². The van der Waals surface area contributed by atoms with Crippen molar-refractivity contribution in [2.24, 2.45) is 0 Å². The lowest BCUT2D eigenvalue weighted by Crippen LogP contribution is -2.50. The van der Waals surface area contributed by atoms with E-state index in [1.54, 1.807) is 30.3 Å². The minimum absolute atomic E-state index is 0.0466. The van der Waals surface area contributed by atoms with Crippen molar-refractivity contribution < 1.29 is 28.2 Å². The Hall–Kier alpha value is -1.93. The predicted molar refractivity (Wildman–Crippen MR) is 89.4 cm³/mol. The minimum atomic E-state index is -3.94. The molecule has 0 aromatic heterocycles. The molecule has 24 heavy (non-hydrogen) atoms. The van der Waals surface area contributed by atoms with Crippen LogP contribution in [-0.4, -0.2) is 54.2 Å². The molecule has 0 spiro atoms. The summed E-state index contributed by atoms with van der Waals surface area (Å²) >= 11 is 0. The lowest BCUT2D eigenvalue weighted by Gasteiger charge is -2.26. The Labute approximate surface area is 141 Å². The molecule has 1 aromatic rings. The smallest absolute Gasteiger partial charge is 0.303 e. The highest BCUT2D eigenvalue weighted by Gasteiger charge is 2.42. The van der Waals surface area contributed by atoms with Gasteiger partial charge in [-0.25, -0.2) is 8.42 Å². The van der Waals surface area contributed by atoms with E-state index in [9.17, 15) is 18.0 Å². The number of amides is 1. The molecule has 1 unspecified atom stereocenters. The molecule has 3 N–H and O–H groups in total. The molecule has 0 saturated carbocycles. The van der Waals surface area contributed by atoms with Crippen LogP contribution in [0.25, 0.3) is 0 Å². The molecule has 1 rings (SSSR count). The maximum absolute atomic E-state index is 12.7. The number of nitrogens with one attached hydrogen (secondary N) is 1. The van der Waals surface area contributed by atoms with Gasteiger partial charge in [0.15, 0.2) is 9.84 Å². The highest BCUT2D eigenvalue weighted by molar-refractivity contribution is 7.93. The van der Waals surface area contributed by atoms with E-state index < -0.39 is 38.1 Å². The summed E-state index contributed by atoms with van der Waals surface area (Å²) in [6, 6.07) is 8.50. The quantitative estimate of drug-likeness (QED) is 0.593. The van der Waals surface area contributed by atoms with E-state index in [4.69, 9.17) is 10.2 Å². The monoisotopic (exact) mass is 357 g/mol. The van der Waals surface area contributed by atoms with Crippen molar-refractivity contribution in [1.82, 2.24) is 5.32 Å². The third kappa shape index (κ3) is 5.04. The zero-order valence-corrected chi connectivity index (χ0v) is 14.5.